The van der Waals surface area contributed by atoms with Gasteiger partial charge in [-0.1, -0.05) is 46.9 Å². The number of aromatic nitrogens is 1. The fourth-order valence-electron chi connectivity index (χ4n) is 5.03. The molecule has 220 valence electrons. The molecule has 43 heavy (non-hydrogen) atoms. The normalized spacial score (nSPS) is 16.3. The van der Waals surface area contributed by atoms with E-state index < -0.39 is 21.9 Å². The summed E-state index contributed by atoms with van der Waals surface area (Å²) in [5, 5.41) is 16.8. The number of sulfonamides is 1. The molecule has 0 unspecified atom stereocenters. The van der Waals surface area contributed by atoms with Crippen LogP contribution in [-0.2, 0) is 10.0 Å². The number of nitrogens with one attached hydrogen (secondary N) is 5. The summed E-state index contributed by atoms with van der Waals surface area (Å²) in [6.45, 7) is 0.414. The number of fused-ring (bicyclic) bond motifs is 1. The molecule has 10 nitrogen and oxygen atoms in total. The first-order valence-corrected chi connectivity index (χ1v) is 15.7. The molecule has 1 fully saturated rings. The van der Waals surface area contributed by atoms with E-state index in [-0.39, 0.29) is 37.8 Å². The highest BCUT2D eigenvalue weighted by molar-refractivity contribution is 7.93. The molecule has 1 aromatic heterocycles. The Morgan fingerprint density at radius 3 is 2.67 bits per heavy atom. The van der Waals surface area contributed by atoms with Gasteiger partial charge in [0.2, 0.25) is 10.0 Å². The second-order valence-electron chi connectivity index (χ2n) is 9.77. The van der Waals surface area contributed by atoms with Gasteiger partial charge >= 0.3 is 0 Å². The SMILES string of the molecule is N#Cc1cnc2c(Cl)cc(N[C@H](C3=CNNN3)c3cccc(N4CCCS4(=O)=O)c3)cc2c1Nc1ccc(Cl)c(Cl)c1F. The molecule has 15 heteroatoms. The Bertz CT molecular complexity index is 1950. The largest absolute Gasteiger partial charge is 0.373 e. The Morgan fingerprint density at radius 2 is 1.95 bits per heavy atom. The number of hydrazine groups is 2. The molecular formula is C28H22Cl3FN8O2S. The molecule has 5 N–H and O–H groups in total. The van der Waals surface area contributed by atoms with Crippen LogP contribution in [0.3, 0.4) is 0 Å². The van der Waals surface area contributed by atoms with Gasteiger partial charge in [0, 0.05) is 30.0 Å². The quantitative estimate of drug-likeness (QED) is 0.149. The molecule has 1 saturated heterocycles. The first kappa shape index (κ1) is 29.1. The fraction of sp³-hybridized carbons (Fsp3) is 0.143. The number of nitrogens with zero attached hydrogens (tertiary/aromatic N) is 3. The molecule has 2 aliphatic heterocycles. The van der Waals surface area contributed by atoms with Crippen molar-refractivity contribution in [2.75, 3.05) is 27.2 Å². The van der Waals surface area contributed by atoms with Crippen molar-refractivity contribution in [3.8, 4) is 6.07 Å². The van der Waals surface area contributed by atoms with Gasteiger partial charge in [0.25, 0.3) is 0 Å². The van der Waals surface area contributed by atoms with Crippen molar-refractivity contribution in [2.45, 2.75) is 12.5 Å². The summed E-state index contributed by atoms with van der Waals surface area (Å²) in [6.07, 6.45) is 3.64. The van der Waals surface area contributed by atoms with Gasteiger partial charge in [-0.15, -0.1) is 0 Å². The molecule has 0 amide bonds. The van der Waals surface area contributed by atoms with E-state index in [4.69, 9.17) is 34.8 Å². The predicted molar refractivity (Wildman–Crippen MR) is 167 cm³/mol. The third kappa shape index (κ3) is 5.58. The first-order chi connectivity index (χ1) is 20.7. The number of benzene rings is 3. The van der Waals surface area contributed by atoms with Crippen LogP contribution >= 0.6 is 34.8 Å². The number of rotatable bonds is 7. The molecule has 2 aliphatic rings. The topological polar surface area (TPSA) is 134 Å². The zero-order valence-corrected chi connectivity index (χ0v) is 25.1. The molecule has 3 aromatic carbocycles. The van der Waals surface area contributed by atoms with Crippen molar-refractivity contribution in [1.29, 1.82) is 5.26 Å². The van der Waals surface area contributed by atoms with E-state index >= 15 is 0 Å². The third-order valence-electron chi connectivity index (χ3n) is 7.06. The zero-order chi connectivity index (χ0) is 30.3. The van der Waals surface area contributed by atoms with Crippen LogP contribution in [0.15, 0.2) is 66.6 Å². The third-order valence-corrected chi connectivity index (χ3v) is 10.00. The fourth-order valence-corrected chi connectivity index (χ4v) is 7.16. The zero-order valence-electron chi connectivity index (χ0n) is 22.1. The van der Waals surface area contributed by atoms with E-state index in [1.807, 2.05) is 12.1 Å². The second-order valence-corrected chi connectivity index (χ2v) is 13.0. The lowest BCUT2D eigenvalue weighted by Crippen LogP contribution is -2.34. The van der Waals surface area contributed by atoms with E-state index in [1.54, 1.807) is 30.5 Å². The van der Waals surface area contributed by atoms with Gasteiger partial charge in [-0.25, -0.2) is 12.8 Å². The lowest BCUT2D eigenvalue weighted by molar-refractivity contribution is 0.583. The number of pyridine rings is 1. The van der Waals surface area contributed by atoms with Crippen molar-refractivity contribution >= 4 is 78.5 Å². The van der Waals surface area contributed by atoms with Crippen LogP contribution in [0.25, 0.3) is 10.9 Å². The van der Waals surface area contributed by atoms with Crippen LogP contribution < -0.4 is 31.3 Å². The number of nitriles is 1. The molecule has 0 aliphatic carbocycles. The molecular weight excluding hydrogens is 638 g/mol. The lowest BCUT2D eigenvalue weighted by Gasteiger charge is -2.24. The molecule has 4 aromatic rings. The van der Waals surface area contributed by atoms with E-state index in [1.165, 1.54) is 22.6 Å². The Kier molecular flexibility index (Phi) is 7.85. The maximum absolute atomic E-state index is 15.0. The molecule has 6 rings (SSSR count). The average molecular weight is 660 g/mol. The van der Waals surface area contributed by atoms with E-state index in [9.17, 15) is 18.1 Å². The number of anilines is 4. The Balaban J connectivity index is 1.43. The number of hydrogen-bond donors (Lipinski definition) is 5. The molecule has 1 atom stereocenters. The van der Waals surface area contributed by atoms with Crippen molar-refractivity contribution in [3.05, 3.63) is 98.6 Å². The Labute approximate surface area is 261 Å². The van der Waals surface area contributed by atoms with Crippen LogP contribution in [0.2, 0.25) is 15.1 Å². The molecule has 0 saturated carbocycles. The summed E-state index contributed by atoms with van der Waals surface area (Å²) in [7, 11) is -3.38. The standard InChI is InChI=1S/C28H22Cl3FN8O2S/c29-20-5-6-22(25(32)24(20)31)37-26-16(12-33)13-34-28-19(26)10-17(11-21(28)30)36-27(23-14-35-39-38-23)15-3-1-4-18(9-15)40-7-2-8-43(40,41)42/h1,3-6,9-11,13-14,27,35-36,38-39H,2,7-8H2,(H,34,37)/t27-/m0/s1. The Morgan fingerprint density at radius 1 is 1.12 bits per heavy atom. The number of halogens is 4. The summed E-state index contributed by atoms with van der Waals surface area (Å²) in [5.74, 6) is -0.668. The second kappa shape index (κ2) is 11.6. The van der Waals surface area contributed by atoms with E-state index in [0.29, 0.717) is 40.9 Å². The van der Waals surface area contributed by atoms with Crippen molar-refractivity contribution < 1.29 is 12.8 Å². The molecule has 0 radical (unpaired) electrons. The van der Waals surface area contributed by atoms with Crippen LogP contribution in [0.1, 0.15) is 23.6 Å². The number of hydrogen-bond acceptors (Lipinski definition) is 9. The molecule has 3 heterocycles. The highest BCUT2D eigenvalue weighted by Gasteiger charge is 2.29. The minimum absolute atomic E-state index is 0.0110. The van der Waals surface area contributed by atoms with Gasteiger partial charge in [-0.3, -0.25) is 9.29 Å². The maximum Gasteiger partial charge on any atom is 0.235 e. The average Bonchev–Trinajstić information content (AvgIpc) is 3.66. The minimum atomic E-state index is -3.38. The van der Waals surface area contributed by atoms with Crippen LogP contribution in [-0.4, -0.2) is 25.7 Å². The van der Waals surface area contributed by atoms with Gasteiger partial charge in [-0.2, -0.15) is 10.8 Å². The smallest absolute Gasteiger partial charge is 0.235 e. The Hall–Kier alpha value is -3.99. The summed E-state index contributed by atoms with van der Waals surface area (Å²) in [5.41, 5.74) is 12.2. The van der Waals surface area contributed by atoms with Crippen molar-refractivity contribution in [1.82, 2.24) is 21.4 Å². The highest BCUT2D eigenvalue weighted by Crippen LogP contribution is 2.39. The van der Waals surface area contributed by atoms with Crippen molar-refractivity contribution in [2.24, 2.45) is 0 Å². The van der Waals surface area contributed by atoms with Crippen molar-refractivity contribution in [3.63, 3.8) is 0 Å². The summed E-state index contributed by atoms with van der Waals surface area (Å²) < 4.78 is 41.6. The van der Waals surface area contributed by atoms with Crippen LogP contribution in [0.4, 0.5) is 27.1 Å². The summed E-state index contributed by atoms with van der Waals surface area (Å²) in [6, 6.07) is 15.1. The minimum Gasteiger partial charge on any atom is -0.373 e. The predicted octanol–water partition coefficient (Wildman–Crippen LogP) is 6.10. The van der Waals surface area contributed by atoms with E-state index in [2.05, 4.69) is 38.1 Å². The highest BCUT2D eigenvalue weighted by atomic mass is 35.5. The van der Waals surface area contributed by atoms with Gasteiger partial charge in [0.15, 0.2) is 5.82 Å². The van der Waals surface area contributed by atoms with Gasteiger partial charge < -0.3 is 21.5 Å². The molecule has 0 spiro atoms. The molecule has 0 bridgehead atoms. The van der Waals surface area contributed by atoms with E-state index in [0.717, 1.165) is 5.56 Å². The van der Waals surface area contributed by atoms with Gasteiger partial charge in [0.1, 0.15) is 6.07 Å². The lowest BCUT2D eigenvalue weighted by atomic mass is 10.0. The van der Waals surface area contributed by atoms with Gasteiger partial charge in [0.05, 0.1) is 60.7 Å². The summed E-state index contributed by atoms with van der Waals surface area (Å²) >= 11 is 18.7. The van der Waals surface area contributed by atoms with Crippen LogP contribution in [0, 0.1) is 17.1 Å². The first-order valence-electron chi connectivity index (χ1n) is 12.9. The maximum atomic E-state index is 15.0. The monoisotopic (exact) mass is 658 g/mol. The van der Waals surface area contributed by atoms with Gasteiger partial charge in [-0.05, 0) is 48.4 Å². The summed E-state index contributed by atoms with van der Waals surface area (Å²) in [4.78, 5) is 4.36. The van der Waals surface area contributed by atoms with Crippen LogP contribution in [0.5, 0.6) is 0 Å².